The highest BCUT2D eigenvalue weighted by atomic mass is 79.9. The molecule has 1 amide bonds. The van der Waals surface area contributed by atoms with Gasteiger partial charge in [0, 0.05) is 10.2 Å². The summed E-state index contributed by atoms with van der Waals surface area (Å²) in [5.41, 5.74) is 2.72. The summed E-state index contributed by atoms with van der Waals surface area (Å²) in [6.07, 6.45) is -0.608. The van der Waals surface area contributed by atoms with Crippen molar-refractivity contribution < 1.29 is 9.53 Å². The second kappa shape index (κ2) is 7.16. The Morgan fingerprint density at radius 3 is 2.64 bits per heavy atom. The second-order valence-corrected chi connectivity index (χ2v) is 6.41. The second-order valence-electron chi connectivity index (χ2n) is 5.15. The number of carbonyl (C=O) groups excluding carboxylic acids is 1. The number of halogens is 2. The molecule has 0 aliphatic heterocycles. The summed E-state index contributed by atoms with van der Waals surface area (Å²) in [6, 6.07) is 11.2. The molecule has 0 radical (unpaired) electrons. The van der Waals surface area contributed by atoms with Crippen LogP contribution in [0.1, 0.15) is 18.1 Å². The lowest BCUT2D eigenvalue weighted by Crippen LogP contribution is -2.30. The number of anilines is 1. The van der Waals surface area contributed by atoms with Crippen LogP contribution in [0.5, 0.6) is 5.75 Å². The summed E-state index contributed by atoms with van der Waals surface area (Å²) >= 11 is 9.33. The van der Waals surface area contributed by atoms with Crippen molar-refractivity contribution in [2.45, 2.75) is 26.9 Å². The Morgan fingerprint density at radius 2 is 1.95 bits per heavy atom. The van der Waals surface area contributed by atoms with Crippen LogP contribution in [0.3, 0.4) is 0 Å². The number of rotatable bonds is 4. The van der Waals surface area contributed by atoms with Crippen LogP contribution < -0.4 is 10.1 Å². The van der Waals surface area contributed by atoms with Crippen LogP contribution >= 0.6 is 27.5 Å². The van der Waals surface area contributed by atoms with Crippen LogP contribution in [0.25, 0.3) is 0 Å². The average molecular weight is 383 g/mol. The van der Waals surface area contributed by atoms with E-state index < -0.39 is 6.10 Å². The minimum absolute atomic E-state index is 0.223. The fraction of sp³-hybridized carbons (Fsp3) is 0.235. The van der Waals surface area contributed by atoms with Crippen molar-refractivity contribution in [3.8, 4) is 5.75 Å². The zero-order valence-corrected chi connectivity index (χ0v) is 15.0. The zero-order valence-electron chi connectivity index (χ0n) is 12.6. The van der Waals surface area contributed by atoms with Crippen LogP contribution in [0.15, 0.2) is 40.9 Å². The Balaban J connectivity index is 2.05. The van der Waals surface area contributed by atoms with Crippen LogP contribution in [0.2, 0.25) is 5.02 Å². The van der Waals surface area contributed by atoms with Gasteiger partial charge in [0.05, 0.1) is 5.02 Å². The molecule has 0 heterocycles. The molecule has 0 fully saturated rings. The summed E-state index contributed by atoms with van der Waals surface area (Å²) in [7, 11) is 0. The monoisotopic (exact) mass is 381 g/mol. The van der Waals surface area contributed by atoms with Gasteiger partial charge in [0.2, 0.25) is 0 Å². The molecule has 0 aromatic heterocycles. The van der Waals surface area contributed by atoms with E-state index in [2.05, 4.69) is 21.2 Å². The van der Waals surface area contributed by atoms with Gasteiger partial charge in [0.1, 0.15) is 5.75 Å². The number of benzene rings is 2. The fourth-order valence-electron chi connectivity index (χ4n) is 1.90. The Bertz CT molecular complexity index is 703. The summed E-state index contributed by atoms with van der Waals surface area (Å²) in [5, 5.41) is 3.34. The number of carbonyl (C=O) groups is 1. The molecule has 1 atom stereocenters. The molecule has 0 saturated heterocycles. The number of ether oxygens (including phenoxy) is 1. The number of aryl methyl sites for hydroxylation is 2. The standard InChI is InChI=1S/C17H17BrClNO2/c1-10-4-5-11(2)16(8-10)22-12(3)17(21)20-13-6-7-14(18)15(19)9-13/h4-9,12H,1-3H3,(H,20,21). The molecule has 5 heteroatoms. The van der Waals surface area contributed by atoms with Gasteiger partial charge in [0.15, 0.2) is 6.10 Å². The van der Waals surface area contributed by atoms with Crippen LogP contribution in [-0.2, 0) is 4.79 Å². The van der Waals surface area contributed by atoms with Gasteiger partial charge in [0.25, 0.3) is 5.91 Å². The van der Waals surface area contributed by atoms with E-state index in [1.165, 1.54) is 0 Å². The van der Waals surface area contributed by atoms with Crippen LogP contribution in [-0.4, -0.2) is 12.0 Å². The molecule has 0 bridgehead atoms. The normalized spacial score (nSPS) is 11.9. The van der Waals surface area contributed by atoms with Crippen molar-refractivity contribution in [2.75, 3.05) is 5.32 Å². The van der Waals surface area contributed by atoms with Gasteiger partial charge in [-0.2, -0.15) is 0 Å². The largest absolute Gasteiger partial charge is 0.481 e. The van der Waals surface area contributed by atoms with E-state index in [1.54, 1.807) is 25.1 Å². The number of hydrogen-bond donors (Lipinski definition) is 1. The number of amides is 1. The maximum absolute atomic E-state index is 12.2. The minimum Gasteiger partial charge on any atom is -0.481 e. The van der Waals surface area contributed by atoms with E-state index in [9.17, 15) is 4.79 Å². The van der Waals surface area contributed by atoms with Crippen molar-refractivity contribution in [3.05, 3.63) is 57.0 Å². The maximum Gasteiger partial charge on any atom is 0.265 e. The SMILES string of the molecule is Cc1ccc(C)c(OC(C)C(=O)Nc2ccc(Br)c(Cl)c2)c1. The molecule has 2 aromatic rings. The molecule has 22 heavy (non-hydrogen) atoms. The molecular formula is C17H17BrClNO2. The average Bonchev–Trinajstić information content (AvgIpc) is 2.46. The smallest absolute Gasteiger partial charge is 0.265 e. The predicted molar refractivity (Wildman–Crippen MR) is 93.8 cm³/mol. The highest BCUT2D eigenvalue weighted by Crippen LogP contribution is 2.26. The Labute approximate surface area is 143 Å². The lowest BCUT2D eigenvalue weighted by molar-refractivity contribution is -0.122. The zero-order chi connectivity index (χ0) is 16.3. The van der Waals surface area contributed by atoms with Gasteiger partial charge in [-0.15, -0.1) is 0 Å². The molecule has 2 rings (SSSR count). The van der Waals surface area contributed by atoms with E-state index in [-0.39, 0.29) is 5.91 Å². The molecule has 1 N–H and O–H groups in total. The molecule has 0 aliphatic rings. The van der Waals surface area contributed by atoms with Gasteiger partial charge in [-0.25, -0.2) is 0 Å². The molecule has 1 unspecified atom stereocenters. The highest BCUT2D eigenvalue weighted by molar-refractivity contribution is 9.10. The third-order valence-corrected chi connectivity index (χ3v) is 4.44. The van der Waals surface area contributed by atoms with E-state index >= 15 is 0 Å². The quantitative estimate of drug-likeness (QED) is 0.796. The van der Waals surface area contributed by atoms with E-state index in [0.29, 0.717) is 10.7 Å². The Morgan fingerprint density at radius 1 is 1.23 bits per heavy atom. The molecule has 0 aliphatic carbocycles. The highest BCUT2D eigenvalue weighted by Gasteiger charge is 2.16. The van der Waals surface area contributed by atoms with E-state index in [0.717, 1.165) is 21.3 Å². The molecule has 0 spiro atoms. The summed E-state index contributed by atoms with van der Waals surface area (Å²) in [5.74, 6) is 0.496. The third kappa shape index (κ3) is 4.24. The molecule has 0 saturated carbocycles. The third-order valence-electron chi connectivity index (χ3n) is 3.20. The van der Waals surface area contributed by atoms with Crippen molar-refractivity contribution in [3.63, 3.8) is 0 Å². The predicted octanol–water partition coefficient (Wildman–Crippen LogP) is 5.13. The van der Waals surface area contributed by atoms with Gasteiger partial charge in [-0.1, -0.05) is 23.7 Å². The Kier molecular flexibility index (Phi) is 5.48. The maximum atomic E-state index is 12.2. The first-order valence-corrected chi connectivity index (χ1v) is 8.03. The summed E-state index contributed by atoms with van der Waals surface area (Å²) in [6.45, 7) is 5.66. The van der Waals surface area contributed by atoms with Crippen molar-refractivity contribution in [1.82, 2.24) is 0 Å². The van der Waals surface area contributed by atoms with Crippen molar-refractivity contribution in [2.24, 2.45) is 0 Å². The van der Waals surface area contributed by atoms with E-state index in [1.807, 2.05) is 32.0 Å². The lowest BCUT2D eigenvalue weighted by Gasteiger charge is -2.17. The summed E-state index contributed by atoms with van der Waals surface area (Å²) in [4.78, 5) is 12.2. The molecule has 3 nitrogen and oxygen atoms in total. The first-order chi connectivity index (χ1) is 10.4. The fourth-order valence-corrected chi connectivity index (χ4v) is 2.32. The van der Waals surface area contributed by atoms with E-state index in [4.69, 9.17) is 16.3 Å². The number of hydrogen-bond acceptors (Lipinski definition) is 2. The first-order valence-electron chi connectivity index (χ1n) is 6.86. The van der Waals surface area contributed by atoms with Gasteiger partial charge in [-0.3, -0.25) is 4.79 Å². The topological polar surface area (TPSA) is 38.3 Å². The van der Waals surface area contributed by atoms with Crippen LogP contribution in [0.4, 0.5) is 5.69 Å². The Hall–Kier alpha value is -1.52. The lowest BCUT2D eigenvalue weighted by atomic mass is 10.1. The van der Waals surface area contributed by atoms with Gasteiger partial charge in [-0.05, 0) is 72.1 Å². The molecule has 2 aromatic carbocycles. The molecule has 116 valence electrons. The van der Waals surface area contributed by atoms with Crippen LogP contribution in [0, 0.1) is 13.8 Å². The minimum atomic E-state index is -0.608. The number of nitrogens with one attached hydrogen (secondary N) is 1. The molecular weight excluding hydrogens is 366 g/mol. The first kappa shape index (κ1) is 16.8. The van der Waals surface area contributed by atoms with Gasteiger partial charge >= 0.3 is 0 Å². The van der Waals surface area contributed by atoms with Crippen molar-refractivity contribution >= 4 is 39.1 Å². The van der Waals surface area contributed by atoms with Gasteiger partial charge < -0.3 is 10.1 Å². The summed E-state index contributed by atoms with van der Waals surface area (Å²) < 4.78 is 6.54. The van der Waals surface area contributed by atoms with Crippen molar-refractivity contribution in [1.29, 1.82) is 0 Å².